The molecule has 77 heavy (non-hydrogen) atoms. The molecule has 0 bridgehead atoms. The molecule has 4 N–H and O–H groups in total. The van der Waals surface area contributed by atoms with Gasteiger partial charge < -0.3 is 39.8 Å². The van der Waals surface area contributed by atoms with Crippen molar-refractivity contribution in [1.82, 2.24) is 20.4 Å². The van der Waals surface area contributed by atoms with E-state index in [1.165, 1.54) is 71.2 Å². The number of β-lactam (4-membered cyclic amide) rings is 2. The first kappa shape index (κ1) is 51.7. The summed E-state index contributed by atoms with van der Waals surface area (Å²) >= 11 is 16.5. The number of ether oxygens (including phenoxy) is 4. The topological polar surface area (TPSA) is 262 Å². The average molecular weight is 1160 g/mol. The number of thiophene rings is 2. The number of nitrogens with one attached hydrogen (secondary N) is 2. The second-order valence-electron chi connectivity index (χ2n) is 17.9. The van der Waals surface area contributed by atoms with E-state index in [4.69, 9.17) is 42.1 Å². The Bertz CT molecular complexity index is 3380. The highest BCUT2D eigenvalue weighted by Gasteiger charge is 2.59. The number of amides is 4. The lowest BCUT2D eigenvalue weighted by Crippen LogP contribution is -2.73. The van der Waals surface area contributed by atoms with Gasteiger partial charge in [0.25, 0.3) is 11.8 Å². The van der Waals surface area contributed by atoms with Crippen LogP contribution in [0.4, 0.5) is 0 Å². The van der Waals surface area contributed by atoms with Crippen LogP contribution in [0.2, 0.25) is 10.0 Å². The molecule has 394 valence electrons. The van der Waals surface area contributed by atoms with Crippen molar-refractivity contribution in [2.45, 2.75) is 41.3 Å². The third kappa shape index (κ3) is 9.12. The van der Waals surface area contributed by atoms with Gasteiger partial charge in [0.2, 0.25) is 11.8 Å². The number of esters is 1. The molecule has 0 radical (unpaired) electrons. The number of nitrogens with zero attached hydrogens (tertiary/aromatic N) is 2. The number of carbonyl (C=O) groups excluding carboxylic acids is 5. The van der Waals surface area contributed by atoms with Gasteiger partial charge in [-0.05, 0) is 64.4 Å². The zero-order chi connectivity index (χ0) is 54.0. The van der Waals surface area contributed by atoms with Crippen molar-refractivity contribution in [3.8, 4) is 23.0 Å². The van der Waals surface area contributed by atoms with E-state index in [2.05, 4.69) is 10.6 Å². The Morgan fingerprint density at radius 3 is 1.60 bits per heavy atom. The van der Waals surface area contributed by atoms with E-state index in [0.29, 0.717) is 16.7 Å². The van der Waals surface area contributed by atoms with Crippen LogP contribution >= 0.6 is 45.9 Å². The summed E-state index contributed by atoms with van der Waals surface area (Å²) in [5.74, 6) is -5.75. The fraction of sp³-hybridized carbons (Fsp3) is 0.212. The number of hydrogen-bond acceptors (Lipinski definition) is 15. The fourth-order valence-corrected chi connectivity index (χ4v) is 15.1. The van der Waals surface area contributed by atoms with E-state index < -0.39 is 91.6 Å². The maximum atomic E-state index is 13.6. The number of rotatable bonds is 16. The van der Waals surface area contributed by atoms with Crippen molar-refractivity contribution in [3.05, 3.63) is 172 Å². The predicted molar refractivity (Wildman–Crippen MR) is 281 cm³/mol. The number of benzene rings is 3. The lowest BCUT2D eigenvalue weighted by atomic mass is 9.77. The summed E-state index contributed by atoms with van der Waals surface area (Å²) in [6.45, 7) is -0.405. The third-order valence-electron chi connectivity index (χ3n) is 13.3. The van der Waals surface area contributed by atoms with Crippen LogP contribution in [-0.4, -0.2) is 118 Å². The van der Waals surface area contributed by atoms with Crippen LogP contribution in [0.15, 0.2) is 130 Å². The Labute approximate surface area is 459 Å². The van der Waals surface area contributed by atoms with Crippen LogP contribution < -0.4 is 24.8 Å². The van der Waals surface area contributed by atoms with Gasteiger partial charge in [-0.15, -0.1) is 22.7 Å². The summed E-state index contributed by atoms with van der Waals surface area (Å²) in [6.07, 6.45) is 5.73. The molecule has 6 aliphatic rings. The number of allylic oxidation sites excluding steroid dienone is 2. The largest absolute Gasteiger partial charge is 0.488 e. The average Bonchev–Trinajstić information content (AvgIpc) is 4.39. The van der Waals surface area contributed by atoms with Gasteiger partial charge in [0, 0.05) is 38.6 Å². The van der Waals surface area contributed by atoms with E-state index in [9.17, 15) is 52.2 Å². The molecule has 11 rings (SSSR count). The molecule has 1 spiro atoms. The summed E-state index contributed by atoms with van der Waals surface area (Å²) in [4.78, 5) is 94.0. The van der Waals surface area contributed by atoms with Gasteiger partial charge in [-0.2, -0.15) is 0 Å². The monoisotopic (exact) mass is 1160 g/mol. The van der Waals surface area contributed by atoms with Crippen molar-refractivity contribution >= 4 is 109 Å². The van der Waals surface area contributed by atoms with Crippen molar-refractivity contribution < 1.29 is 71.1 Å². The number of fused-ring (bicyclic) bond motifs is 8. The first-order chi connectivity index (χ1) is 37.0. The van der Waals surface area contributed by atoms with Gasteiger partial charge in [-0.3, -0.25) is 37.4 Å². The maximum absolute atomic E-state index is 13.6. The van der Waals surface area contributed by atoms with Crippen molar-refractivity contribution in [2.24, 2.45) is 0 Å². The van der Waals surface area contributed by atoms with Gasteiger partial charge in [-0.1, -0.05) is 65.7 Å². The van der Waals surface area contributed by atoms with Crippen molar-refractivity contribution in [1.29, 1.82) is 0 Å². The molecular formula is C52H38Cl2N4O15S4. The number of aliphatic carboxylic acids is 2. The predicted octanol–water partition coefficient (Wildman–Crippen LogP) is 5.55. The molecule has 5 aromatic rings. The minimum absolute atomic E-state index is 0.0126. The molecule has 0 aliphatic carbocycles. The summed E-state index contributed by atoms with van der Waals surface area (Å²) in [6, 6.07) is 17.6. The molecule has 2 saturated heterocycles. The second-order valence-corrected chi connectivity index (χ2v) is 23.9. The minimum Gasteiger partial charge on any atom is -0.488 e. The van der Waals surface area contributed by atoms with Crippen molar-refractivity contribution in [3.63, 3.8) is 0 Å². The third-order valence-corrected chi connectivity index (χ3v) is 18.9. The Morgan fingerprint density at radius 1 is 0.688 bits per heavy atom. The summed E-state index contributed by atoms with van der Waals surface area (Å²) in [5, 5.41) is 27.3. The molecule has 6 unspecified atom stereocenters. The molecule has 2 fully saturated rings. The molecule has 25 heteroatoms. The van der Waals surface area contributed by atoms with Crippen LogP contribution in [0.3, 0.4) is 0 Å². The lowest BCUT2D eigenvalue weighted by Gasteiger charge is -2.48. The maximum Gasteiger partial charge on any atom is 0.352 e. The highest BCUT2D eigenvalue weighted by molar-refractivity contribution is 7.86. The van der Waals surface area contributed by atoms with Gasteiger partial charge in [-0.25, -0.2) is 14.4 Å². The smallest absolute Gasteiger partial charge is 0.352 e. The van der Waals surface area contributed by atoms with Crippen LogP contribution in [0.5, 0.6) is 23.0 Å². The highest BCUT2D eigenvalue weighted by atomic mass is 35.5. The minimum atomic E-state index is -1.78. The summed E-state index contributed by atoms with van der Waals surface area (Å²) in [7, 11) is -3.55. The van der Waals surface area contributed by atoms with Crippen LogP contribution in [0.1, 0.15) is 36.8 Å². The van der Waals surface area contributed by atoms with Crippen LogP contribution in [0, 0.1) is 0 Å². The first-order valence-electron chi connectivity index (χ1n) is 23.3. The van der Waals surface area contributed by atoms with Gasteiger partial charge in [0.05, 0.1) is 61.6 Å². The van der Waals surface area contributed by atoms with Crippen molar-refractivity contribution in [2.75, 3.05) is 24.7 Å². The Morgan fingerprint density at radius 2 is 1.16 bits per heavy atom. The summed E-state index contributed by atoms with van der Waals surface area (Å²) in [5.41, 5.74) is -0.813. The number of carboxylic acid groups (broad SMARTS) is 2. The van der Waals surface area contributed by atoms with E-state index >= 15 is 0 Å². The van der Waals surface area contributed by atoms with E-state index in [1.54, 1.807) is 48.5 Å². The lowest BCUT2D eigenvalue weighted by molar-refractivity contribution is -0.150. The normalized spacial score (nSPS) is 23.8. The zero-order valence-corrected chi connectivity index (χ0v) is 44.2. The van der Waals surface area contributed by atoms with E-state index in [-0.39, 0.29) is 98.7 Å². The van der Waals surface area contributed by atoms with Crippen LogP contribution in [-0.2, 0) is 73.5 Å². The Hall–Kier alpha value is -7.41. The standard InChI is InChI=1S/C52H38Cl2N4O15S4/c53-33-19-31-35(21-37(33)70-13-3-7-25-23-76(68)47-41(45(61)57(47)43(25)49(63)64)55-39(59)17-27-9-5-15-74-27)72-36-22-38(34(54)20-32(36)52(31)30-12-2-1-11-29(30)51(67)73-52)71-14-4-8-26-24-77(69)48-42(46(62)58(48)44(26)50(65)66)56-40(60)18-28-10-6-16-75-28/h1-12,15-16,19-22,41-42,47-48H,13-14,17-18,23-24H2,(H,55,59)(H,56,60)(H,63,64)(H,65,66)/b7-3+,8-4+. The SMILES string of the molecule is O=C(Cc1cccs1)NC1C(=O)N2C(C(=O)O)=C(/C=C/COc3cc4c(cc3Cl)C3(OC(=O)c5ccccc53)c3cc(Cl)c(OC/C=C/C5=C(C(=O)O)N6C(=O)C(NC(=O)Cc7cccs7)C6S(=O)C5)cc3O4)CS(=O)C12. The Kier molecular flexibility index (Phi) is 13.8. The fourth-order valence-electron chi connectivity index (χ4n) is 10.0. The molecule has 0 saturated carbocycles. The molecule has 6 atom stereocenters. The summed E-state index contributed by atoms with van der Waals surface area (Å²) < 4.78 is 51.7. The van der Waals surface area contributed by atoms with E-state index in [1.807, 2.05) is 10.8 Å². The quantitative estimate of drug-likeness (QED) is 0.0698. The second kappa shape index (κ2) is 20.5. The van der Waals surface area contributed by atoms with E-state index in [0.717, 1.165) is 19.6 Å². The van der Waals surface area contributed by atoms with Gasteiger partial charge >= 0.3 is 17.9 Å². The highest BCUT2D eigenvalue weighted by Crippen LogP contribution is 2.59. The number of carbonyl (C=O) groups is 7. The number of carboxylic acids is 2. The molecular weight excluding hydrogens is 1120 g/mol. The first-order valence-corrected chi connectivity index (χ1v) is 28.6. The molecule has 4 amide bonds. The molecule has 2 aromatic heterocycles. The van der Waals surface area contributed by atoms with Crippen LogP contribution in [0.25, 0.3) is 0 Å². The Balaban J connectivity index is 0.811. The molecule has 6 aliphatic heterocycles. The zero-order valence-electron chi connectivity index (χ0n) is 39.4. The number of halogens is 2. The van der Waals surface area contributed by atoms with Gasteiger partial charge in [0.15, 0.2) is 5.60 Å². The van der Waals surface area contributed by atoms with Gasteiger partial charge in [0.1, 0.15) is 70.4 Å². The molecule has 3 aromatic carbocycles. The molecule has 19 nitrogen and oxygen atoms in total. The molecule has 8 heterocycles. The number of hydrogen-bond donors (Lipinski definition) is 4.